The highest BCUT2D eigenvalue weighted by molar-refractivity contribution is 7.12. The summed E-state index contributed by atoms with van der Waals surface area (Å²) < 4.78 is 23.4. The standard InChI is InChI=1S/C18H21FN2O4S/c1-4-21(10-12-5-6-15(24-2)13(19)9-12)11-16(22)20-14-7-8-26-17(14)18(23)25-3/h5-9H,4,10-11H2,1-3H3,(H,20,22). The van der Waals surface area contributed by atoms with Crippen LogP contribution in [0.25, 0.3) is 0 Å². The molecule has 1 amide bonds. The average Bonchev–Trinajstić information content (AvgIpc) is 3.08. The first-order valence-corrected chi connectivity index (χ1v) is 8.86. The van der Waals surface area contributed by atoms with Crippen molar-refractivity contribution in [1.82, 2.24) is 4.90 Å². The number of carbonyl (C=O) groups excluding carboxylic acids is 2. The van der Waals surface area contributed by atoms with Gasteiger partial charge < -0.3 is 14.8 Å². The summed E-state index contributed by atoms with van der Waals surface area (Å²) in [5.41, 5.74) is 1.17. The third-order valence-corrected chi connectivity index (χ3v) is 4.64. The van der Waals surface area contributed by atoms with E-state index < -0.39 is 11.8 Å². The van der Waals surface area contributed by atoms with E-state index in [-0.39, 0.29) is 18.2 Å². The van der Waals surface area contributed by atoms with Gasteiger partial charge in [-0.3, -0.25) is 9.69 Å². The molecular formula is C18H21FN2O4S. The number of benzene rings is 1. The molecule has 1 aromatic carbocycles. The van der Waals surface area contributed by atoms with E-state index in [4.69, 9.17) is 9.47 Å². The number of likely N-dealkylation sites (N-methyl/N-ethyl adjacent to an activating group) is 1. The van der Waals surface area contributed by atoms with Crippen molar-refractivity contribution in [2.75, 3.05) is 32.6 Å². The Bertz CT molecular complexity index is 778. The Morgan fingerprint density at radius 3 is 2.65 bits per heavy atom. The van der Waals surface area contributed by atoms with Crippen LogP contribution < -0.4 is 10.1 Å². The van der Waals surface area contributed by atoms with Crippen molar-refractivity contribution in [3.63, 3.8) is 0 Å². The molecule has 0 aliphatic rings. The molecule has 0 radical (unpaired) electrons. The van der Waals surface area contributed by atoms with E-state index in [2.05, 4.69) is 5.32 Å². The molecule has 1 heterocycles. The summed E-state index contributed by atoms with van der Waals surface area (Å²) in [6.45, 7) is 3.05. The molecule has 140 valence electrons. The lowest BCUT2D eigenvalue weighted by Crippen LogP contribution is -2.33. The number of esters is 1. The van der Waals surface area contributed by atoms with Gasteiger partial charge in [-0.15, -0.1) is 11.3 Å². The Kier molecular flexibility index (Phi) is 7.11. The molecule has 1 aromatic heterocycles. The minimum absolute atomic E-state index is 0.112. The normalized spacial score (nSPS) is 10.7. The highest BCUT2D eigenvalue weighted by Gasteiger charge is 2.17. The summed E-state index contributed by atoms with van der Waals surface area (Å²) in [6.07, 6.45) is 0. The molecule has 0 atom stereocenters. The van der Waals surface area contributed by atoms with E-state index in [1.54, 1.807) is 23.6 Å². The number of halogens is 1. The zero-order valence-corrected chi connectivity index (χ0v) is 15.7. The number of rotatable bonds is 8. The molecule has 0 fully saturated rings. The number of thiophene rings is 1. The van der Waals surface area contributed by atoms with Crippen LogP contribution in [0.5, 0.6) is 5.75 Å². The zero-order valence-electron chi connectivity index (χ0n) is 14.9. The van der Waals surface area contributed by atoms with Crippen molar-refractivity contribution in [1.29, 1.82) is 0 Å². The monoisotopic (exact) mass is 380 g/mol. The molecule has 0 aliphatic heterocycles. The minimum Gasteiger partial charge on any atom is -0.494 e. The lowest BCUT2D eigenvalue weighted by atomic mass is 10.2. The number of carbonyl (C=O) groups is 2. The minimum atomic E-state index is -0.489. The second-order valence-corrected chi connectivity index (χ2v) is 6.39. The number of ether oxygens (including phenoxy) is 2. The van der Waals surface area contributed by atoms with Gasteiger partial charge in [0.15, 0.2) is 11.6 Å². The Labute approximate surface area is 155 Å². The maximum absolute atomic E-state index is 13.8. The van der Waals surface area contributed by atoms with Gasteiger partial charge in [0.05, 0.1) is 26.5 Å². The van der Waals surface area contributed by atoms with E-state index in [0.29, 0.717) is 23.7 Å². The molecule has 6 nitrogen and oxygen atoms in total. The van der Waals surface area contributed by atoms with Crippen molar-refractivity contribution in [2.45, 2.75) is 13.5 Å². The fourth-order valence-corrected chi connectivity index (χ4v) is 3.16. The van der Waals surface area contributed by atoms with Gasteiger partial charge in [-0.25, -0.2) is 9.18 Å². The molecule has 8 heteroatoms. The smallest absolute Gasteiger partial charge is 0.350 e. The maximum atomic E-state index is 13.8. The van der Waals surface area contributed by atoms with Crippen LogP contribution in [0.4, 0.5) is 10.1 Å². The molecule has 0 spiro atoms. The molecule has 0 aliphatic carbocycles. The van der Waals surface area contributed by atoms with Crippen LogP contribution in [0.1, 0.15) is 22.2 Å². The first kappa shape index (κ1) is 19.9. The highest BCUT2D eigenvalue weighted by Crippen LogP contribution is 2.23. The largest absolute Gasteiger partial charge is 0.494 e. The quantitative estimate of drug-likeness (QED) is 0.713. The number of hydrogen-bond acceptors (Lipinski definition) is 6. The third-order valence-electron chi connectivity index (χ3n) is 3.75. The Morgan fingerprint density at radius 2 is 2.04 bits per heavy atom. The van der Waals surface area contributed by atoms with Gasteiger partial charge in [-0.05, 0) is 35.7 Å². The van der Waals surface area contributed by atoms with Crippen molar-refractivity contribution in [2.24, 2.45) is 0 Å². The number of nitrogens with one attached hydrogen (secondary N) is 1. The molecule has 0 saturated heterocycles. The first-order chi connectivity index (χ1) is 12.5. The molecular weight excluding hydrogens is 359 g/mol. The van der Waals surface area contributed by atoms with Gasteiger partial charge in [0.2, 0.25) is 5.91 Å². The maximum Gasteiger partial charge on any atom is 0.350 e. The van der Waals surface area contributed by atoms with E-state index in [1.807, 2.05) is 11.8 Å². The van der Waals surface area contributed by atoms with Crippen molar-refractivity contribution >= 4 is 28.9 Å². The number of anilines is 1. The molecule has 0 unspecified atom stereocenters. The fourth-order valence-electron chi connectivity index (χ4n) is 2.40. The van der Waals surface area contributed by atoms with Crippen LogP contribution in [0.2, 0.25) is 0 Å². The van der Waals surface area contributed by atoms with Gasteiger partial charge in [-0.2, -0.15) is 0 Å². The summed E-state index contributed by atoms with van der Waals surface area (Å²) in [5.74, 6) is -1.01. The van der Waals surface area contributed by atoms with Gasteiger partial charge in [0.1, 0.15) is 4.88 Å². The third kappa shape index (κ3) is 5.03. The van der Waals surface area contributed by atoms with Crippen LogP contribution in [0, 0.1) is 5.82 Å². The summed E-state index contributed by atoms with van der Waals surface area (Å²) in [4.78, 5) is 26.2. The topological polar surface area (TPSA) is 67.9 Å². The number of hydrogen-bond donors (Lipinski definition) is 1. The van der Waals surface area contributed by atoms with E-state index in [9.17, 15) is 14.0 Å². The van der Waals surface area contributed by atoms with Gasteiger partial charge in [-0.1, -0.05) is 13.0 Å². The summed E-state index contributed by atoms with van der Waals surface area (Å²) >= 11 is 1.20. The van der Waals surface area contributed by atoms with Crippen LogP contribution in [-0.2, 0) is 16.1 Å². The zero-order chi connectivity index (χ0) is 19.1. The number of nitrogens with zero attached hydrogens (tertiary/aromatic N) is 1. The summed E-state index contributed by atoms with van der Waals surface area (Å²) in [5, 5.41) is 4.43. The van der Waals surface area contributed by atoms with Crippen LogP contribution >= 0.6 is 11.3 Å². The second-order valence-electron chi connectivity index (χ2n) is 5.48. The highest BCUT2D eigenvalue weighted by atomic mass is 32.1. The Hall–Kier alpha value is -2.45. The average molecular weight is 380 g/mol. The van der Waals surface area contributed by atoms with E-state index >= 15 is 0 Å². The van der Waals surface area contributed by atoms with E-state index in [0.717, 1.165) is 5.56 Å². The Balaban J connectivity index is 1.99. The second kappa shape index (κ2) is 9.30. The van der Waals surface area contributed by atoms with Crippen LogP contribution in [0.3, 0.4) is 0 Å². The molecule has 0 saturated carbocycles. The molecule has 1 N–H and O–H groups in total. The predicted octanol–water partition coefficient (Wildman–Crippen LogP) is 3.14. The van der Waals surface area contributed by atoms with Gasteiger partial charge in [0, 0.05) is 6.54 Å². The molecule has 0 bridgehead atoms. The summed E-state index contributed by atoms with van der Waals surface area (Å²) in [6, 6.07) is 6.38. The van der Waals surface area contributed by atoms with Gasteiger partial charge in [0.25, 0.3) is 0 Å². The number of methoxy groups -OCH3 is 2. The predicted molar refractivity (Wildman–Crippen MR) is 98.2 cm³/mol. The van der Waals surface area contributed by atoms with Crippen molar-refractivity contribution < 1.29 is 23.5 Å². The number of amides is 1. The Morgan fingerprint density at radius 1 is 1.27 bits per heavy atom. The van der Waals surface area contributed by atoms with Crippen molar-refractivity contribution in [3.05, 3.63) is 45.9 Å². The molecule has 2 aromatic rings. The van der Waals surface area contributed by atoms with Crippen molar-refractivity contribution in [3.8, 4) is 5.75 Å². The molecule has 26 heavy (non-hydrogen) atoms. The van der Waals surface area contributed by atoms with Crippen LogP contribution in [0.15, 0.2) is 29.6 Å². The van der Waals surface area contributed by atoms with Gasteiger partial charge >= 0.3 is 5.97 Å². The molecule has 2 rings (SSSR count). The SMILES string of the molecule is CCN(CC(=O)Nc1ccsc1C(=O)OC)Cc1ccc(OC)c(F)c1. The lowest BCUT2D eigenvalue weighted by molar-refractivity contribution is -0.117. The first-order valence-electron chi connectivity index (χ1n) is 7.98. The van der Waals surface area contributed by atoms with Crippen LogP contribution in [-0.4, -0.2) is 44.1 Å². The fraction of sp³-hybridized carbons (Fsp3) is 0.333. The lowest BCUT2D eigenvalue weighted by Gasteiger charge is -2.20. The van der Waals surface area contributed by atoms with E-state index in [1.165, 1.54) is 31.6 Å². The summed E-state index contributed by atoms with van der Waals surface area (Å²) in [7, 11) is 2.70.